The Balaban J connectivity index is 1.41. The van der Waals surface area contributed by atoms with E-state index in [-0.39, 0.29) is 11.8 Å². The molecule has 2 amide bonds. The molecule has 3 heterocycles. The molecule has 0 bridgehead atoms. The lowest BCUT2D eigenvalue weighted by Gasteiger charge is -2.22. The van der Waals surface area contributed by atoms with Crippen LogP contribution >= 0.6 is 0 Å². The number of rotatable bonds is 3. The van der Waals surface area contributed by atoms with Gasteiger partial charge in [-0.3, -0.25) is 14.6 Å². The van der Waals surface area contributed by atoms with Crippen molar-refractivity contribution in [1.29, 1.82) is 0 Å². The quantitative estimate of drug-likeness (QED) is 0.704. The second-order valence-electron chi connectivity index (χ2n) is 6.67. The Morgan fingerprint density at radius 1 is 0.821 bits per heavy atom. The van der Waals surface area contributed by atoms with Crippen molar-refractivity contribution in [1.82, 2.24) is 24.3 Å². The number of carbonyl (C=O) groups excluding carboxylic acids is 2. The average molecular weight is 375 g/mol. The monoisotopic (exact) mass is 375 g/mol. The smallest absolute Gasteiger partial charge is 0.274 e. The highest BCUT2D eigenvalue weighted by atomic mass is 16.2. The Labute approximate surface area is 163 Å². The Morgan fingerprint density at radius 3 is 2.14 bits per heavy atom. The molecule has 2 aromatic heterocycles. The largest absolute Gasteiger partial charge is 0.337 e. The Morgan fingerprint density at radius 2 is 1.50 bits per heavy atom. The van der Waals surface area contributed by atoms with Crippen LogP contribution in [0.5, 0.6) is 0 Å². The molecule has 0 N–H and O–H groups in total. The van der Waals surface area contributed by atoms with E-state index in [1.54, 1.807) is 11.1 Å². The van der Waals surface area contributed by atoms with Crippen LogP contribution in [0.3, 0.4) is 0 Å². The highest BCUT2D eigenvalue weighted by molar-refractivity contribution is 5.95. The van der Waals surface area contributed by atoms with Gasteiger partial charge in [0.25, 0.3) is 11.8 Å². The van der Waals surface area contributed by atoms with Gasteiger partial charge in [0.1, 0.15) is 5.69 Å². The van der Waals surface area contributed by atoms with Crippen molar-refractivity contribution in [2.75, 3.05) is 26.2 Å². The van der Waals surface area contributed by atoms with Crippen molar-refractivity contribution in [2.24, 2.45) is 0 Å². The zero-order valence-corrected chi connectivity index (χ0v) is 15.4. The Bertz CT molecular complexity index is 939. The first-order chi connectivity index (χ1) is 13.7. The third-order valence-corrected chi connectivity index (χ3v) is 4.87. The molecule has 142 valence electrons. The molecule has 7 nitrogen and oxygen atoms in total. The minimum Gasteiger partial charge on any atom is -0.337 e. The summed E-state index contributed by atoms with van der Waals surface area (Å²) in [5.74, 6) is -0.147. The molecular formula is C21H21N5O2. The van der Waals surface area contributed by atoms with Crippen LogP contribution < -0.4 is 0 Å². The highest BCUT2D eigenvalue weighted by Gasteiger charge is 2.24. The maximum atomic E-state index is 12.9. The van der Waals surface area contributed by atoms with Crippen molar-refractivity contribution in [3.63, 3.8) is 0 Å². The number of hydrogen-bond acceptors (Lipinski definition) is 4. The Kier molecular flexibility index (Phi) is 5.14. The fraction of sp³-hybridized carbons (Fsp3) is 0.238. The van der Waals surface area contributed by atoms with Crippen LogP contribution in [0.4, 0.5) is 0 Å². The number of amides is 2. The molecule has 28 heavy (non-hydrogen) atoms. The molecule has 0 spiro atoms. The second-order valence-corrected chi connectivity index (χ2v) is 6.67. The van der Waals surface area contributed by atoms with E-state index in [1.165, 1.54) is 12.4 Å². The normalized spacial score (nSPS) is 14.6. The van der Waals surface area contributed by atoms with Crippen LogP contribution in [0.2, 0.25) is 0 Å². The van der Waals surface area contributed by atoms with Crippen LogP contribution in [0, 0.1) is 0 Å². The summed E-state index contributed by atoms with van der Waals surface area (Å²) in [4.78, 5) is 37.0. The first kappa shape index (κ1) is 17.9. The molecule has 0 aliphatic carbocycles. The van der Waals surface area contributed by atoms with E-state index in [2.05, 4.69) is 9.97 Å². The van der Waals surface area contributed by atoms with Crippen LogP contribution in [-0.4, -0.2) is 62.3 Å². The summed E-state index contributed by atoms with van der Waals surface area (Å²) >= 11 is 0. The van der Waals surface area contributed by atoms with E-state index in [0.29, 0.717) is 37.4 Å². The minimum atomic E-state index is -0.140. The van der Waals surface area contributed by atoms with Gasteiger partial charge in [0, 0.05) is 62.2 Å². The fourth-order valence-electron chi connectivity index (χ4n) is 3.36. The molecule has 1 aromatic carbocycles. The van der Waals surface area contributed by atoms with Gasteiger partial charge in [0.2, 0.25) is 0 Å². The summed E-state index contributed by atoms with van der Waals surface area (Å²) in [6.45, 7) is 2.22. The van der Waals surface area contributed by atoms with Crippen molar-refractivity contribution in [3.8, 4) is 5.69 Å². The van der Waals surface area contributed by atoms with E-state index in [0.717, 1.165) is 12.1 Å². The molecule has 0 radical (unpaired) electrons. The summed E-state index contributed by atoms with van der Waals surface area (Å²) in [5, 5.41) is 0. The predicted molar refractivity (Wildman–Crippen MR) is 104 cm³/mol. The topological polar surface area (TPSA) is 71.3 Å². The van der Waals surface area contributed by atoms with E-state index >= 15 is 0 Å². The van der Waals surface area contributed by atoms with E-state index in [9.17, 15) is 9.59 Å². The Hall–Kier alpha value is -3.48. The minimum absolute atomic E-state index is 0.00661. The molecule has 4 rings (SSSR count). The average Bonchev–Trinajstić information content (AvgIpc) is 3.18. The van der Waals surface area contributed by atoms with Gasteiger partial charge in [-0.25, -0.2) is 4.98 Å². The van der Waals surface area contributed by atoms with Crippen LogP contribution in [0.25, 0.3) is 5.69 Å². The van der Waals surface area contributed by atoms with Gasteiger partial charge in [-0.2, -0.15) is 0 Å². The highest BCUT2D eigenvalue weighted by Crippen LogP contribution is 2.14. The lowest BCUT2D eigenvalue weighted by atomic mass is 10.1. The summed E-state index contributed by atoms with van der Waals surface area (Å²) in [5.41, 5.74) is 2.01. The molecule has 1 saturated heterocycles. The molecule has 3 aromatic rings. The van der Waals surface area contributed by atoms with Gasteiger partial charge in [0.15, 0.2) is 0 Å². The SMILES string of the molecule is O=C(c1ccc(-n2cccc2)cc1)N1CCCN(C(=O)c2cnccn2)CC1. The lowest BCUT2D eigenvalue weighted by Crippen LogP contribution is -2.37. The van der Waals surface area contributed by atoms with Crippen molar-refractivity contribution in [3.05, 3.63) is 78.6 Å². The van der Waals surface area contributed by atoms with E-state index in [4.69, 9.17) is 0 Å². The molecular weight excluding hydrogens is 354 g/mol. The zero-order valence-electron chi connectivity index (χ0n) is 15.4. The van der Waals surface area contributed by atoms with Gasteiger partial charge in [-0.1, -0.05) is 0 Å². The summed E-state index contributed by atoms with van der Waals surface area (Å²) in [6.07, 6.45) is 9.20. The second kappa shape index (κ2) is 8.04. The number of hydrogen-bond donors (Lipinski definition) is 0. The summed E-state index contributed by atoms with van der Waals surface area (Å²) in [6, 6.07) is 11.5. The molecule has 1 fully saturated rings. The van der Waals surface area contributed by atoms with Gasteiger partial charge in [0.05, 0.1) is 6.20 Å². The molecule has 7 heteroatoms. The molecule has 0 unspecified atom stereocenters. The number of benzene rings is 1. The van der Waals surface area contributed by atoms with Crippen LogP contribution in [0.15, 0.2) is 67.4 Å². The van der Waals surface area contributed by atoms with Gasteiger partial charge < -0.3 is 14.4 Å². The van der Waals surface area contributed by atoms with Gasteiger partial charge in [-0.05, 0) is 42.8 Å². The third-order valence-electron chi connectivity index (χ3n) is 4.87. The van der Waals surface area contributed by atoms with Crippen LogP contribution in [0.1, 0.15) is 27.3 Å². The lowest BCUT2D eigenvalue weighted by molar-refractivity contribution is 0.0715. The molecule has 0 atom stereocenters. The summed E-state index contributed by atoms with van der Waals surface area (Å²) in [7, 11) is 0. The van der Waals surface area contributed by atoms with Crippen molar-refractivity contribution >= 4 is 11.8 Å². The standard InChI is InChI=1S/C21H21N5O2/c27-20(17-4-6-18(7-5-17)24-10-1-2-11-24)25-12-3-13-26(15-14-25)21(28)19-16-22-8-9-23-19/h1-2,4-11,16H,3,12-15H2. The van der Waals surface area contributed by atoms with Gasteiger partial charge in [-0.15, -0.1) is 0 Å². The number of aromatic nitrogens is 3. The summed E-state index contributed by atoms with van der Waals surface area (Å²) < 4.78 is 2.00. The first-order valence-electron chi connectivity index (χ1n) is 9.30. The first-order valence-corrected chi connectivity index (χ1v) is 9.30. The van der Waals surface area contributed by atoms with Crippen LogP contribution in [-0.2, 0) is 0 Å². The van der Waals surface area contributed by atoms with E-state index < -0.39 is 0 Å². The third kappa shape index (κ3) is 3.78. The molecule has 1 aliphatic heterocycles. The predicted octanol–water partition coefficient (Wildman–Crippen LogP) is 2.26. The number of carbonyl (C=O) groups is 2. The number of nitrogens with zero attached hydrogens (tertiary/aromatic N) is 5. The fourth-order valence-corrected chi connectivity index (χ4v) is 3.36. The maximum absolute atomic E-state index is 12.9. The van der Waals surface area contributed by atoms with Crippen molar-refractivity contribution < 1.29 is 9.59 Å². The van der Waals surface area contributed by atoms with E-state index in [1.807, 2.05) is 58.3 Å². The van der Waals surface area contributed by atoms with Crippen molar-refractivity contribution in [2.45, 2.75) is 6.42 Å². The zero-order chi connectivity index (χ0) is 19.3. The molecule has 0 saturated carbocycles. The molecule has 1 aliphatic rings. The van der Waals surface area contributed by atoms with Gasteiger partial charge >= 0.3 is 0 Å². The maximum Gasteiger partial charge on any atom is 0.274 e.